The number of hydrogen-bond donors (Lipinski definition) is 2. The first kappa shape index (κ1) is 20.7. The summed E-state index contributed by atoms with van der Waals surface area (Å²) in [6.45, 7) is 1.33. The first-order chi connectivity index (χ1) is 12.8. The highest BCUT2D eigenvalue weighted by Crippen LogP contribution is 2.11. The third-order valence-corrected chi connectivity index (χ3v) is 3.88. The second-order valence-corrected chi connectivity index (χ2v) is 5.62. The highest BCUT2D eigenvalue weighted by molar-refractivity contribution is 14.0. The lowest BCUT2D eigenvalue weighted by atomic mass is 10.2. The van der Waals surface area contributed by atoms with Gasteiger partial charge in [-0.05, 0) is 35.4 Å². The van der Waals surface area contributed by atoms with Crippen molar-refractivity contribution in [3.63, 3.8) is 0 Å². The molecular weight excluding hydrogens is 455 g/mol. The van der Waals surface area contributed by atoms with Crippen LogP contribution in [0.4, 0.5) is 0 Å². The number of nitrogens with zero attached hydrogens (tertiary/aromatic N) is 4. The molecule has 2 heterocycles. The number of nitrogens with one attached hydrogen (secondary N) is 2. The van der Waals surface area contributed by atoms with Gasteiger partial charge in [0.15, 0.2) is 5.96 Å². The second-order valence-electron chi connectivity index (χ2n) is 5.62. The number of aliphatic imine (C=N–C) groups is 1. The molecule has 3 aromatic rings. The van der Waals surface area contributed by atoms with Crippen LogP contribution in [-0.2, 0) is 13.1 Å². The average Bonchev–Trinajstić information content (AvgIpc) is 3.24. The van der Waals surface area contributed by atoms with Crippen molar-refractivity contribution < 1.29 is 4.74 Å². The first-order valence-electron chi connectivity index (χ1n) is 8.29. The maximum atomic E-state index is 5.17. The number of pyridine rings is 1. The Kier molecular flexibility index (Phi) is 8.05. The monoisotopic (exact) mass is 478 g/mol. The Morgan fingerprint density at radius 3 is 2.44 bits per heavy atom. The average molecular weight is 478 g/mol. The lowest BCUT2D eigenvalue weighted by Crippen LogP contribution is -2.36. The lowest BCUT2D eigenvalue weighted by Gasteiger charge is -2.13. The van der Waals surface area contributed by atoms with Crippen molar-refractivity contribution in [2.45, 2.75) is 13.1 Å². The van der Waals surface area contributed by atoms with Crippen molar-refractivity contribution in [1.29, 1.82) is 0 Å². The Bertz CT molecular complexity index is 849. The van der Waals surface area contributed by atoms with E-state index in [0.717, 1.165) is 28.7 Å². The molecule has 0 saturated heterocycles. The van der Waals surface area contributed by atoms with Crippen molar-refractivity contribution in [2.24, 2.45) is 4.99 Å². The molecule has 27 heavy (non-hydrogen) atoms. The topological polar surface area (TPSA) is 76.4 Å². The second kappa shape index (κ2) is 10.5. The van der Waals surface area contributed by atoms with Crippen LogP contribution in [0.15, 0.2) is 66.3 Å². The lowest BCUT2D eigenvalue weighted by molar-refractivity contribution is 0.414. The van der Waals surface area contributed by atoms with E-state index < -0.39 is 0 Å². The normalized spacial score (nSPS) is 10.8. The number of hydrogen-bond acceptors (Lipinski definition) is 4. The Hall–Kier alpha value is -2.62. The molecular formula is C19H23IN6O. The molecule has 0 spiro atoms. The van der Waals surface area contributed by atoms with E-state index in [9.17, 15) is 0 Å². The molecule has 0 aliphatic rings. The number of rotatable bonds is 6. The summed E-state index contributed by atoms with van der Waals surface area (Å²) in [5, 5.41) is 6.62. The van der Waals surface area contributed by atoms with E-state index >= 15 is 0 Å². The van der Waals surface area contributed by atoms with Gasteiger partial charge in [0.1, 0.15) is 17.9 Å². The molecule has 0 aliphatic heterocycles. The van der Waals surface area contributed by atoms with E-state index in [4.69, 9.17) is 4.74 Å². The summed E-state index contributed by atoms with van der Waals surface area (Å²) in [6.07, 6.45) is 7.13. The van der Waals surface area contributed by atoms with Crippen LogP contribution in [-0.4, -0.2) is 34.7 Å². The van der Waals surface area contributed by atoms with Crippen LogP contribution >= 0.6 is 24.0 Å². The molecule has 0 unspecified atom stereocenters. The number of ether oxygens (including phenoxy) is 1. The maximum absolute atomic E-state index is 5.17. The molecule has 0 bridgehead atoms. The summed E-state index contributed by atoms with van der Waals surface area (Å²) in [5.74, 6) is 2.42. The van der Waals surface area contributed by atoms with E-state index in [1.54, 1.807) is 32.9 Å². The minimum absolute atomic E-state index is 0. The molecule has 2 N–H and O–H groups in total. The smallest absolute Gasteiger partial charge is 0.191 e. The summed E-state index contributed by atoms with van der Waals surface area (Å²) in [4.78, 5) is 12.7. The van der Waals surface area contributed by atoms with Crippen LogP contribution in [0.1, 0.15) is 11.1 Å². The third-order valence-electron chi connectivity index (χ3n) is 3.88. The summed E-state index contributed by atoms with van der Waals surface area (Å²) in [6, 6.07) is 11.9. The van der Waals surface area contributed by atoms with Crippen LogP contribution in [0.3, 0.4) is 0 Å². The highest BCUT2D eigenvalue weighted by Gasteiger charge is 2.02. The molecule has 0 radical (unpaired) electrons. The van der Waals surface area contributed by atoms with Gasteiger partial charge in [-0.25, -0.2) is 9.97 Å². The third kappa shape index (κ3) is 5.95. The molecule has 0 amide bonds. The Balaban J connectivity index is 0.00000261. The van der Waals surface area contributed by atoms with E-state index in [1.165, 1.54) is 0 Å². The molecule has 0 atom stereocenters. The Morgan fingerprint density at radius 1 is 1.07 bits per heavy atom. The van der Waals surface area contributed by atoms with Crippen LogP contribution in [0.25, 0.3) is 5.82 Å². The predicted molar refractivity (Wildman–Crippen MR) is 117 cm³/mol. The van der Waals surface area contributed by atoms with E-state index in [-0.39, 0.29) is 24.0 Å². The largest absolute Gasteiger partial charge is 0.497 e. The first-order valence-corrected chi connectivity index (χ1v) is 8.29. The van der Waals surface area contributed by atoms with Gasteiger partial charge in [-0.3, -0.25) is 9.56 Å². The Morgan fingerprint density at radius 2 is 1.81 bits per heavy atom. The molecule has 8 heteroatoms. The van der Waals surface area contributed by atoms with Crippen LogP contribution in [0, 0.1) is 0 Å². The minimum atomic E-state index is 0. The number of guanidine groups is 1. The standard InChI is InChI=1S/C19H22N6O.HI/c1-20-19(23-12-15-3-5-17(26-2)6-4-15)24-13-16-7-8-22-18(11-16)25-10-9-21-14-25;/h3-11,14H,12-13H2,1-2H3,(H2,20,23,24);1H. The fourth-order valence-corrected chi connectivity index (χ4v) is 2.44. The molecule has 0 saturated carbocycles. The number of imidazole rings is 1. The number of halogens is 1. The Labute approximate surface area is 175 Å². The minimum Gasteiger partial charge on any atom is -0.497 e. The van der Waals surface area contributed by atoms with Gasteiger partial charge in [0, 0.05) is 38.7 Å². The molecule has 1 aromatic carbocycles. The van der Waals surface area contributed by atoms with Crippen molar-refractivity contribution in [3.05, 3.63) is 72.4 Å². The number of methoxy groups -OCH3 is 1. The van der Waals surface area contributed by atoms with Crippen molar-refractivity contribution in [2.75, 3.05) is 14.2 Å². The van der Waals surface area contributed by atoms with Crippen molar-refractivity contribution >= 4 is 29.9 Å². The van der Waals surface area contributed by atoms with Crippen molar-refractivity contribution in [3.8, 4) is 11.6 Å². The molecule has 142 valence electrons. The summed E-state index contributed by atoms with van der Waals surface area (Å²) < 4.78 is 7.05. The summed E-state index contributed by atoms with van der Waals surface area (Å²) in [7, 11) is 3.42. The molecule has 3 rings (SSSR count). The van der Waals surface area contributed by atoms with Gasteiger partial charge in [0.05, 0.1) is 7.11 Å². The predicted octanol–water partition coefficient (Wildman–Crippen LogP) is 2.76. The highest BCUT2D eigenvalue weighted by atomic mass is 127. The van der Waals surface area contributed by atoms with Gasteiger partial charge in [-0.2, -0.15) is 0 Å². The zero-order valence-electron chi connectivity index (χ0n) is 15.3. The van der Waals surface area contributed by atoms with Crippen LogP contribution < -0.4 is 15.4 Å². The maximum Gasteiger partial charge on any atom is 0.191 e. The zero-order valence-corrected chi connectivity index (χ0v) is 17.6. The number of aromatic nitrogens is 3. The molecule has 7 nitrogen and oxygen atoms in total. The molecule has 0 aliphatic carbocycles. The number of benzene rings is 1. The van der Waals surface area contributed by atoms with Gasteiger partial charge in [0.2, 0.25) is 0 Å². The SMILES string of the molecule is CN=C(NCc1ccc(OC)cc1)NCc1ccnc(-n2ccnc2)c1.I. The quantitative estimate of drug-likeness (QED) is 0.324. The summed E-state index contributed by atoms with van der Waals surface area (Å²) >= 11 is 0. The van der Waals surface area contributed by atoms with Gasteiger partial charge in [-0.1, -0.05) is 12.1 Å². The molecule has 0 fully saturated rings. The van der Waals surface area contributed by atoms with E-state index in [2.05, 4.69) is 25.6 Å². The summed E-state index contributed by atoms with van der Waals surface area (Å²) in [5.41, 5.74) is 2.26. The van der Waals surface area contributed by atoms with E-state index in [1.807, 2.05) is 47.2 Å². The van der Waals surface area contributed by atoms with E-state index in [0.29, 0.717) is 13.1 Å². The van der Waals surface area contributed by atoms with Crippen LogP contribution in [0.2, 0.25) is 0 Å². The fraction of sp³-hybridized carbons (Fsp3) is 0.211. The van der Waals surface area contributed by atoms with Crippen molar-refractivity contribution in [1.82, 2.24) is 25.2 Å². The van der Waals surface area contributed by atoms with Gasteiger partial charge in [0.25, 0.3) is 0 Å². The van der Waals surface area contributed by atoms with Gasteiger partial charge in [-0.15, -0.1) is 24.0 Å². The zero-order chi connectivity index (χ0) is 18.2. The fourth-order valence-electron chi connectivity index (χ4n) is 2.44. The van der Waals surface area contributed by atoms with Gasteiger partial charge < -0.3 is 15.4 Å². The van der Waals surface area contributed by atoms with Gasteiger partial charge >= 0.3 is 0 Å². The van der Waals surface area contributed by atoms with Crippen LogP contribution in [0.5, 0.6) is 5.75 Å². The molecule has 2 aromatic heterocycles.